The number of hydrogen-bond donors (Lipinski definition) is 0. The molecule has 6 heteroatoms. The van der Waals surface area contributed by atoms with Crippen LogP contribution in [0.2, 0.25) is 0 Å². The fraction of sp³-hybridized carbons (Fsp3) is 0.200. The Labute approximate surface area is 128 Å². The lowest BCUT2D eigenvalue weighted by Gasteiger charge is -2.29. The predicted octanol–water partition coefficient (Wildman–Crippen LogP) is 3.72. The van der Waals surface area contributed by atoms with Crippen LogP contribution in [0.15, 0.2) is 35.1 Å². The van der Waals surface area contributed by atoms with E-state index in [1.54, 1.807) is 12.3 Å². The number of carbonyl (C=O) groups is 1. The topological polar surface area (TPSA) is 33.2 Å². The Morgan fingerprint density at radius 1 is 1.24 bits per heavy atom. The monoisotopic (exact) mass is 352 g/mol. The van der Waals surface area contributed by atoms with Crippen molar-refractivity contribution in [2.45, 2.75) is 12.8 Å². The van der Waals surface area contributed by atoms with Crippen LogP contribution in [0.5, 0.6) is 0 Å². The van der Waals surface area contributed by atoms with Crippen LogP contribution in [-0.2, 0) is 6.42 Å². The van der Waals surface area contributed by atoms with E-state index in [1.165, 1.54) is 17.2 Å². The second kappa shape index (κ2) is 5.52. The van der Waals surface area contributed by atoms with Gasteiger partial charge in [0.25, 0.3) is 5.91 Å². The van der Waals surface area contributed by atoms with Crippen LogP contribution >= 0.6 is 15.9 Å². The van der Waals surface area contributed by atoms with Crippen molar-refractivity contribution < 1.29 is 13.6 Å². The molecule has 3 nitrogen and oxygen atoms in total. The largest absolute Gasteiger partial charge is 0.308 e. The molecule has 0 saturated carbocycles. The second-order valence-electron chi connectivity index (χ2n) is 4.84. The zero-order valence-electron chi connectivity index (χ0n) is 10.9. The van der Waals surface area contributed by atoms with Gasteiger partial charge in [0.2, 0.25) is 0 Å². The highest BCUT2D eigenvalue weighted by molar-refractivity contribution is 9.10. The van der Waals surface area contributed by atoms with E-state index < -0.39 is 11.6 Å². The molecule has 0 N–H and O–H groups in total. The standard InChI is InChI=1S/C15H11BrF2N2O/c16-10-4-9(7-19-8-10)15(21)20-3-1-2-12-13(18)5-11(17)6-14(12)20/h4-8H,1-3H2. The average Bonchev–Trinajstić information content (AvgIpc) is 2.46. The molecular formula is C15H11BrF2N2O. The Balaban J connectivity index is 2.04. The summed E-state index contributed by atoms with van der Waals surface area (Å²) in [6.45, 7) is 0.432. The molecule has 0 bridgehead atoms. The molecule has 0 aliphatic carbocycles. The summed E-state index contributed by atoms with van der Waals surface area (Å²) in [5.74, 6) is -1.59. The first-order valence-electron chi connectivity index (χ1n) is 6.46. The number of rotatable bonds is 1. The van der Waals surface area contributed by atoms with Gasteiger partial charge in [0.1, 0.15) is 11.6 Å². The molecule has 3 rings (SSSR count). The Morgan fingerprint density at radius 3 is 2.81 bits per heavy atom. The number of pyridine rings is 1. The summed E-state index contributed by atoms with van der Waals surface area (Å²) in [4.78, 5) is 17.9. The van der Waals surface area contributed by atoms with Crippen LogP contribution in [-0.4, -0.2) is 17.4 Å². The lowest BCUT2D eigenvalue weighted by atomic mass is 10.00. The lowest BCUT2D eigenvalue weighted by Crippen LogP contribution is -2.36. The van der Waals surface area contributed by atoms with Crippen molar-refractivity contribution in [3.63, 3.8) is 0 Å². The van der Waals surface area contributed by atoms with Gasteiger partial charge in [-0.25, -0.2) is 8.78 Å². The van der Waals surface area contributed by atoms with Gasteiger partial charge in [-0.05, 0) is 40.9 Å². The first-order valence-corrected chi connectivity index (χ1v) is 7.26. The highest BCUT2D eigenvalue weighted by Crippen LogP contribution is 2.31. The minimum atomic E-state index is -0.682. The van der Waals surface area contributed by atoms with E-state index in [4.69, 9.17) is 0 Å². The fourth-order valence-electron chi connectivity index (χ4n) is 2.51. The van der Waals surface area contributed by atoms with Gasteiger partial charge in [0.15, 0.2) is 0 Å². The van der Waals surface area contributed by atoms with Gasteiger partial charge in [-0.3, -0.25) is 9.78 Å². The van der Waals surface area contributed by atoms with Crippen molar-refractivity contribution in [2.24, 2.45) is 0 Å². The van der Waals surface area contributed by atoms with Crippen LogP contribution in [0.3, 0.4) is 0 Å². The van der Waals surface area contributed by atoms with E-state index in [0.29, 0.717) is 40.7 Å². The maximum Gasteiger partial charge on any atom is 0.259 e. The molecule has 2 heterocycles. The van der Waals surface area contributed by atoms with Gasteiger partial charge in [-0.15, -0.1) is 0 Å². The smallest absolute Gasteiger partial charge is 0.259 e. The van der Waals surface area contributed by atoms with E-state index in [-0.39, 0.29) is 5.91 Å². The van der Waals surface area contributed by atoms with Crippen LogP contribution in [0.25, 0.3) is 0 Å². The molecule has 0 radical (unpaired) electrons. The third kappa shape index (κ3) is 2.68. The molecule has 0 spiro atoms. The Hall–Kier alpha value is -1.82. The Bertz CT molecular complexity index is 721. The van der Waals surface area contributed by atoms with E-state index in [1.807, 2.05) is 0 Å². The Morgan fingerprint density at radius 2 is 2.05 bits per heavy atom. The van der Waals surface area contributed by atoms with Crippen LogP contribution in [0, 0.1) is 11.6 Å². The quantitative estimate of drug-likeness (QED) is 0.783. The van der Waals surface area contributed by atoms with Gasteiger partial charge >= 0.3 is 0 Å². The van der Waals surface area contributed by atoms with Gasteiger partial charge in [0, 0.05) is 35.0 Å². The van der Waals surface area contributed by atoms with E-state index in [0.717, 1.165) is 6.07 Å². The fourth-order valence-corrected chi connectivity index (χ4v) is 2.87. The zero-order valence-corrected chi connectivity index (χ0v) is 12.5. The number of aromatic nitrogens is 1. The number of carbonyl (C=O) groups excluding carboxylic acids is 1. The van der Waals surface area contributed by atoms with Gasteiger partial charge in [-0.1, -0.05) is 0 Å². The Kier molecular flexibility index (Phi) is 3.71. The maximum absolute atomic E-state index is 13.8. The van der Waals surface area contributed by atoms with Crippen molar-refractivity contribution in [1.29, 1.82) is 0 Å². The summed E-state index contributed by atoms with van der Waals surface area (Å²) in [6.07, 6.45) is 4.15. The molecule has 1 aliphatic heterocycles. The summed E-state index contributed by atoms with van der Waals surface area (Å²) >= 11 is 3.26. The summed E-state index contributed by atoms with van der Waals surface area (Å²) in [5, 5.41) is 0. The molecule has 1 aliphatic rings. The normalized spacial score (nSPS) is 14.0. The summed E-state index contributed by atoms with van der Waals surface area (Å²) in [6, 6.07) is 3.70. The number of nitrogens with zero attached hydrogens (tertiary/aromatic N) is 2. The van der Waals surface area contributed by atoms with Gasteiger partial charge < -0.3 is 4.90 Å². The molecule has 108 valence electrons. The summed E-state index contributed by atoms with van der Waals surface area (Å²) < 4.78 is 28.0. The van der Waals surface area contributed by atoms with Gasteiger partial charge in [0.05, 0.1) is 11.3 Å². The van der Waals surface area contributed by atoms with E-state index in [2.05, 4.69) is 20.9 Å². The second-order valence-corrected chi connectivity index (χ2v) is 5.75. The molecule has 0 unspecified atom stereocenters. The van der Waals surface area contributed by atoms with Crippen molar-refractivity contribution >= 4 is 27.5 Å². The third-order valence-electron chi connectivity index (χ3n) is 3.43. The molecule has 1 amide bonds. The van der Waals surface area contributed by atoms with Crippen molar-refractivity contribution in [3.05, 3.63) is 57.8 Å². The first-order chi connectivity index (χ1) is 10.1. The highest BCUT2D eigenvalue weighted by Gasteiger charge is 2.26. The lowest BCUT2D eigenvalue weighted by molar-refractivity contribution is 0.0984. The minimum absolute atomic E-state index is 0.309. The highest BCUT2D eigenvalue weighted by atomic mass is 79.9. The SMILES string of the molecule is O=C(c1cncc(Br)c1)N1CCCc2c(F)cc(F)cc21. The number of hydrogen-bond acceptors (Lipinski definition) is 2. The van der Waals surface area contributed by atoms with Crippen molar-refractivity contribution in [1.82, 2.24) is 4.98 Å². The average molecular weight is 353 g/mol. The molecule has 0 fully saturated rings. The molecule has 2 aromatic rings. The number of benzene rings is 1. The molecule has 0 saturated heterocycles. The zero-order chi connectivity index (χ0) is 15.0. The molecule has 21 heavy (non-hydrogen) atoms. The first kappa shape index (κ1) is 14.1. The van der Waals surface area contributed by atoms with E-state index >= 15 is 0 Å². The minimum Gasteiger partial charge on any atom is -0.308 e. The van der Waals surface area contributed by atoms with Crippen molar-refractivity contribution in [2.75, 3.05) is 11.4 Å². The molecule has 1 aromatic carbocycles. The number of anilines is 1. The molecular weight excluding hydrogens is 342 g/mol. The molecule has 0 atom stereocenters. The predicted molar refractivity (Wildman–Crippen MR) is 78.3 cm³/mol. The van der Waals surface area contributed by atoms with Crippen LogP contribution in [0.4, 0.5) is 14.5 Å². The van der Waals surface area contributed by atoms with Crippen LogP contribution < -0.4 is 4.90 Å². The summed E-state index contributed by atoms with van der Waals surface area (Å²) in [7, 11) is 0. The summed E-state index contributed by atoms with van der Waals surface area (Å²) in [5.41, 5.74) is 1.07. The maximum atomic E-state index is 13.8. The van der Waals surface area contributed by atoms with E-state index in [9.17, 15) is 13.6 Å². The molecule has 1 aromatic heterocycles. The van der Waals surface area contributed by atoms with Crippen LogP contribution in [0.1, 0.15) is 22.3 Å². The number of amides is 1. The van der Waals surface area contributed by atoms with Crippen molar-refractivity contribution in [3.8, 4) is 0 Å². The number of halogens is 3. The third-order valence-corrected chi connectivity index (χ3v) is 3.87. The number of fused-ring (bicyclic) bond motifs is 1. The van der Waals surface area contributed by atoms with Gasteiger partial charge in [-0.2, -0.15) is 0 Å².